The monoisotopic (exact) mass is 354 g/mol. The minimum absolute atomic E-state index is 0.0846. The zero-order valence-electron chi connectivity index (χ0n) is 15.4. The fourth-order valence-corrected chi connectivity index (χ4v) is 2.43. The molecule has 0 spiro atoms. The van der Waals surface area contributed by atoms with Gasteiger partial charge in [-0.1, -0.05) is 35.5 Å². The normalized spacial score (nSPS) is 11.9. The van der Waals surface area contributed by atoms with Gasteiger partial charge in [-0.2, -0.15) is 0 Å². The van der Waals surface area contributed by atoms with E-state index in [0.29, 0.717) is 6.61 Å². The van der Waals surface area contributed by atoms with Crippen LogP contribution in [0.15, 0.2) is 59.8 Å². The molecule has 2 aromatic rings. The fraction of sp³-hybridized carbons (Fsp3) is 0.333. The second-order valence-corrected chi connectivity index (χ2v) is 6.00. The Morgan fingerprint density at radius 2 is 1.88 bits per heavy atom. The lowest BCUT2D eigenvalue weighted by Crippen LogP contribution is -2.35. The lowest BCUT2D eigenvalue weighted by molar-refractivity contribution is -0.126. The summed E-state index contributed by atoms with van der Waals surface area (Å²) in [6.07, 6.45) is 3.38. The van der Waals surface area contributed by atoms with Gasteiger partial charge >= 0.3 is 0 Å². The number of nitrogens with one attached hydrogen (secondary N) is 1. The third-order valence-electron chi connectivity index (χ3n) is 3.78. The van der Waals surface area contributed by atoms with E-state index in [0.717, 1.165) is 24.2 Å². The molecule has 0 unspecified atom stereocenters. The first-order valence-corrected chi connectivity index (χ1v) is 8.89. The second kappa shape index (κ2) is 10.9. The lowest BCUT2D eigenvalue weighted by Gasteiger charge is -2.13. The van der Waals surface area contributed by atoms with Crippen LogP contribution in [0.1, 0.15) is 31.4 Å². The number of hydrogen-bond acceptors (Lipinski definition) is 4. The number of carbonyl (C=O) groups excluding carboxylic acids is 1. The first kappa shape index (κ1) is 19.5. The Morgan fingerprint density at radius 1 is 1.15 bits per heavy atom. The molecule has 0 bridgehead atoms. The summed E-state index contributed by atoms with van der Waals surface area (Å²) in [5, 5.41) is 6.75. The third-order valence-corrected chi connectivity index (χ3v) is 3.78. The largest absolute Gasteiger partial charge is 0.494 e. The molecule has 5 heteroatoms. The SMILES string of the molecule is CCOc1ccc(/C=N\OCC(=O)N[C@@H](C)CCc2ccccc2)cc1. The number of oxime groups is 1. The van der Waals surface area contributed by atoms with Gasteiger partial charge in [0, 0.05) is 6.04 Å². The van der Waals surface area contributed by atoms with Crippen molar-refractivity contribution in [3.8, 4) is 5.75 Å². The average Bonchev–Trinajstić information content (AvgIpc) is 2.66. The van der Waals surface area contributed by atoms with Crippen molar-refractivity contribution in [3.63, 3.8) is 0 Å². The zero-order chi connectivity index (χ0) is 18.6. The number of benzene rings is 2. The number of nitrogens with zero attached hydrogens (tertiary/aromatic N) is 1. The smallest absolute Gasteiger partial charge is 0.260 e. The molecule has 0 aliphatic carbocycles. The summed E-state index contributed by atoms with van der Waals surface area (Å²) in [7, 11) is 0. The molecule has 0 aliphatic heterocycles. The van der Waals surface area contributed by atoms with E-state index in [1.807, 2.05) is 56.3 Å². The summed E-state index contributed by atoms with van der Waals surface area (Å²) in [5.41, 5.74) is 2.15. The van der Waals surface area contributed by atoms with Crippen LogP contribution in [0.3, 0.4) is 0 Å². The first-order valence-electron chi connectivity index (χ1n) is 8.89. The van der Waals surface area contributed by atoms with Gasteiger partial charge in [-0.05, 0) is 62.1 Å². The van der Waals surface area contributed by atoms with Crippen LogP contribution in [0.25, 0.3) is 0 Å². The third kappa shape index (κ3) is 7.38. The number of aryl methyl sites for hydroxylation is 1. The maximum atomic E-state index is 11.9. The highest BCUT2D eigenvalue weighted by atomic mass is 16.6. The number of ether oxygens (including phenoxy) is 1. The second-order valence-electron chi connectivity index (χ2n) is 6.00. The molecule has 0 aliphatic rings. The van der Waals surface area contributed by atoms with Crippen LogP contribution in [0, 0.1) is 0 Å². The number of carbonyl (C=O) groups is 1. The minimum atomic E-state index is -0.172. The first-order chi connectivity index (χ1) is 12.7. The van der Waals surface area contributed by atoms with Gasteiger partial charge in [0.25, 0.3) is 5.91 Å². The van der Waals surface area contributed by atoms with Crippen LogP contribution >= 0.6 is 0 Å². The van der Waals surface area contributed by atoms with Crippen molar-refractivity contribution < 1.29 is 14.4 Å². The Kier molecular flexibility index (Phi) is 8.19. The van der Waals surface area contributed by atoms with Gasteiger partial charge < -0.3 is 14.9 Å². The topological polar surface area (TPSA) is 59.9 Å². The average molecular weight is 354 g/mol. The molecule has 26 heavy (non-hydrogen) atoms. The highest BCUT2D eigenvalue weighted by Gasteiger charge is 2.07. The van der Waals surface area contributed by atoms with Gasteiger partial charge in [0.05, 0.1) is 12.8 Å². The Balaban J connectivity index is 1.64. The van der Waals surface area contributed by atoms with Gasteiger partial charge in [-0.3, -0.25) is 4.79 Å². The summed E-state index contributed by atoms with van der Waals surface area (Å²) in [5.74, 6) is 0.642. The highest BCUT2D eigenvalue weighted by Crippen LogP contribution is 2.10. The van der Waals surface area contributed by atoms with E-state index in [1.54, 1.807) is 6.21 Å². The molecule has 0 aromatic heterocycles. The molecule has 2 rings (SSSR count). The van der Waals surface area contributed by atoms with Crippen molar-refractivity contribution in [3.05, 3.63) is 65.7 Å². The lowest BCUT2D eigenvalue weighted by atomic mass is 10.1. The summed E-state index contributed by atoms with van der Waals surface area (Å²) in [6.45, 7) is 4.47. The van der Waals surface area contributed by atoms with Crippen molar-refractivity contribution in [2.75, 3.05) is 13.2 Å². The van der Waals surface area contributed by atoms with Crippen LogP contribution in [-0.2, 0) is 16.1 Å². The fourth-order valence-electron chi connectivity index (χ4n) is 2.43. The van der Waals surface area contributed by atoms with Gasteiger partial charge in [-0.15, -0.1) is 0 Å². The van der Waals surface area contributed by atoms with E-state index in [4.69, 9.17) is 9.57 Å². The summed E-state index contributed by atoms with van der Waals surface area (Å²) in [6, 6.07) is 17.8. The summed E-state index contributed by atoms with van der Waals surface area (Å²) in [4.78, 5) is 16.9. The summed E-state index contributed by atoms with van der Waals surface area (Å²) >= 11 is 0. The van der Waals surface area contributed by atoms with Crippen LogP contribution in [0.2, 0.25) is 0 Å². The minimum Gasteiger partial charge on any atom is -0.494 e. The molecule has 0 fully saturated rings. The van der Waals surface area contributed by atoms with Crippen LogP contribution < -0.4 is 10.1 Å². The van der Waals surface area contributed by atoms with Crippen molar-refractivity contribution in [1.29, 1.82) is 0 Å². The molecular formula is C21H26N2O3. The molecule has 0 saturated carbocycles. The van der Waals surface area contributed by atoms with E-state index >= 15 is 0 Å². The maximum absolute atomic E-state index is 11.9. The molecular weight excluding hydrogens is 328 g/mol. The Morgan fingerprint density at radius 3 is 2.58 bits per heavy atom. The Hall–Kier alpha value is -2.82. The van der Waals surface area contributed by atoms with Crippen molar-refractivity contribution >= 4 is 12.1 Å². The van der Waals surface area contributed by atoms with Crippen LogP contribution in [-0.4, -0.2) is 31.4 Å². The predicted octanol–water partition coefficient (Wildman–Crippen LogP) is 3.57. The van der Waals surface area contributed by atoms with Crippen molar-refractivity contribution in [1.82, 2.24) is 5.32 Å². The zero-order valence-corrected chi connectivity index (χ0v) is 15.4. The van der Waals surface area contributed by atoms with E-state index < -0.39 is 0 Å². The Bertz CT molecular complexity index is 684. The number of hydrogen-bond donors (Lipinski definition) is 1. The highest BCUT2D eigenvalue weighted by molar-refractivity contribution is 5.80. The van der Waals surface area contributed by atoms with Crippen LogP contribution in [0.5, 0.6) is 5.75 Å². The summed E-state index contributed by atoms with van der Waals surface area (Å²) < 4.78 is 5.37. The van der Waals surface area contributed by atoms with Gasteiger partial charge in [-0.25, -0.2) is 0 Å². The van der Waals surface area contributed by atoms with Gasteiger partial charge in [0.2, 0.25) is 0 Å². The maximum Gasteiger partial charge on any atom is 0.260 e. The van der Waals surface area contributed by atoms with Crippen molar-refractivity contribution in [2.45, 2.75) is 32.7 Å². The van der Waals surface area contributed by atoms with E-state index in [1.165, 1.54) is 5.56 Å². The molecule has 0 radical (unpaired) electrons. The molecule has 0 heterocycles. The van der Waals surface area contributed by atoms with E-state index in [9.17, 15) is 4.79 Å². The Labute approximate surface area is 155 Å². The van der Waals surface area contributed by atoms with Crippen molar-refractivity contribution in [2.24, 2.45) is 5.16 Å². The molecule has 138 valence electrons. The van der Waals surface area contributed by atoms with Gasteiger partial charge in [0.1, 0.15) is 5.75 Å². The number of rotatable bonds is 10. The molecule has 0 saturated heterocycles. The van der Waals surface area contributed by atoms with E-state index in [-0.39, 0.29) is 18.6 Å². The molecule has 1 atom stereocenters. The molecule has 1 amide bonds. The number of amides is 1. The van der Waals surface area contributed by atoms with Gasteiger partial charge in [0.15, 0.2) is 6.61 Å². The molecule has 1 N–H and O–H groups in total. The standard InChI is InChI=1S/C21H26N2O3/c1-3-25-20-13-11-19(12-14-20)15-22-26-16-21(24)23-17(2)9-10-18-7-5-4-6-8-18/h4-8,11-15,17H,3,9-10,16H2,1-2H3,(H,23,24)/b22-15-/t17-/m0/s1. The van der Waals surface area contributed by atoms with Crippen LogP contribution in [0.4, 0.5) is 0 Å². The quantitative estimate of drug-likeness (QED) is 0.524. The van der Waals surface area contributed by atoms with E-state index in [2.05, 4.69) is 22.6 Å². The molecule has 5 nitrogen and oxygen atoms in total. The molecule has 2 aromatic carbocycles. The predicted molar refractivity (Wildman–Crippen MR) is 104 cm³/mol.